The molecule has 0 N–H and O–H groups in total. The van der Waals surface area contributed by atoms with Crippen LogP contribution in [0.4, 0.5) is 0 Å². The number of Topliss-reactive ketones (excluding diaryl/α,β-unsaturated/α-hetero) is 1. The Balaban J connectivity index is -0.000000274. The fraction of sp³-hybridized carbons (Fsp3) is 0.795. The summed E-state index contributed by atoms with van der Waals surface area (Å²) in [5.41, 5.74) is 0. The maximum atomic E-state index is 11.1. The second-order valence-electron chi connectivity index (χ2n) is 12.5. The molecule has 49 heavy (non-hydrogen) atoms. The van der Waals surface area contributed by atoms with Gasteiger partial charge in [0.15, 0.2) is 17.9 Å². The third-order valence-corrected chi connectivity index (χ3v) is 7.69. The third kappa shape index (κ3) is 43.8. The van der Waals surface area contributed by atoms with Crippen LogP contribution in [0, 0.1) is 20.8 Å². The van der Waals surface area contributed by atoms with Crippen LogP contribution in [-0.2, 0) is 59.2 Å². The van der Waals surface area contributed by atoms with Crippen molar-refractivity contribution in [1.29, 1.82) is 0 Å². The van der Waals surface area contributed by atoms with Gasteiger partial charge in [-0.25, -0.2) is 0 Å². The van der Waals surface area contributed by atoms with Gasteiger partial charge in [0.2, 0.25) is 5.91 Å². The molecule has 2 unspecified atom stereocenters. The molecule has 1 fully saturated rings. The van der Waals surface area contributed by atoms with Crippen LogP contribution >= 0.6 is 0 Å². The van der Waals surface area contributed by atoms with Gasteiger partial charge in [-0.2, -0.15) is 0 Å². The van der Waals surface area contributed by atoms with E-state index < -0.39 is 17.9 Å². The molecular weight excluding hydrogens is 794 g/mol. The van der Waals surface area contributed by atoms with Crippen molar-refractivity contribution < 1.29 is 59.2 Å². The van der Waals surface area contributed by atoms with E-state index >= 15 is 0 Å². The van der Waals surface area contributed by atoms with Crippen LogP contribution in [-0.4, -0.2) is 66.4 Å². The summed E-state index contributed by atoms with van der Waals surface area (Å²) in [7, 11) is 0. The number of esters is 3. The molecule has 9 nitrogen and oxygen atoms in total. The Morgan fingerprint density at radius 2 is 0.918 bits per heavy atom. The summed E-state index contributed by atoms with van der Waals surface area (Å²) < 4.78 is 14.1. The molecule has 0 aromatic heterocycles. The minimum Gasteiger partial charge on any atom is -0.488 e. The quantitative estimate of drug-likeness (QED) is 0.0433. The third-order valence-electron chi connectivity index (χ3n) is 7.69. The number of unbranched alkanes of at least 4 members (excludes halogenated alkanes) is 15. The number of hydrogen-bond acceptors (Lipinski definition) is 8. The van der Waals surface area contributed by atoms with E-state index in [1.165, 1.54) is 90.4 Å². The van der Waals surface area contributed by atoms with Crippen LogP contribution in [0.3, 0.4) is 0 Å². The number of carbonyl (C=O) groups excluding carboxylic acids is 5. The summed E-state index contributed by atoms with van der Waals surface area (Å²) in [6, 6.07) is 0.323. The van der Waals surface area contributed by atoms with E-state index in [4.69, 9.17) is 14.2 Å². The van der Waals surface area contributed by atoms with Crippen molar-refractivity contribution in [1.82, 2.24) is 4.90 Å². The molecule has 290 valence electrons. The molecule has 0 aromatic rings. The van der Waals surface area contributed by atoms with Crippen molar-refractivity contribution in [3.63, 3.8) is 0 Å². The Morgan fingerprint density at radius 3 is 1.22 bits per heavy atom. The zero-order valence-corrected chi connectivity index (χ0v) is 35.1. The summed E-state index contributed by atoms with van der Waals surface area (Å²) in [5, 5.41) is 0. The van der Waals surface area contributed by atoms with E-state index in [9.17, 15) is 24.0 Å². The number of ether oxygens (including phenoxy) is 3. The largest absolute Gasteiger partial charge is 0.488 e. The molecule has 0 aliphatic carbocycles. The molecule has 1 heterocycles. The Hall–Kier alpha value is -2.15. The maximum Gasteiger partial charge on any atom is 0.220 e. The molecule has 1 saturated heterocycles. The van der Waals surface area contributed by atoms with Crippen molar-refractivity contribution in [2.45, 2.75) is 182 Å². The van der Waals surface area contributed by atoms with E-state index in [1.807, 2.05) is 6.92 Å². The first-order valence-electron chi connectivity index (χ1n) is 18.6. The molecule has 2 atom stereocenters. The predicted molar refractivity (Wildman–Crippen MR) is 195 cm³/mol. The van der Waals surface area contributed by atoms with Crippen molar-refractivity contribution >= 4 is 29.6 Å². The zero-order chi connectivity index (χ0) is 37.0. The van der Waals surface area contributed by atoms with Gasteiger partial charge in [0, 0.05) is 40.5 Å². The SMILES string of the molecule is CCCCCCCCC(C)=O.[CH2-]C(=O)OCC1CC(C)N1C(C)=O.[CH2-]C(=O)OCCCCCCCC.[CH2-]C(=O)OCCCCCCCC.[W]. The van der Waals surface area contributed by atoms with E-state index in [0.717, 1.165) is 44.9 Å². The van der Waals surface area contributed by atoms with Crippen LogP contribution in [0.2, 0.25) is 0 Å². The maximum absolute atomic E-state index is 11.1. The van der Waals surface area contributed by atoms with Gasteiger partial charge in [-0.1, -0.05) is 117 Å². The summed E-state index contributed by atoms with van der Waals surface area (Å²) in [5.74, 6) is -1.00. The molecule has 1 rings (SSSR count). The smallest absolute Gasteiger partial charge is 0.220 e. The Morgan fingerprint density at radius 1 is 0.571 bits per heavy atom. The standard InChI is InChI=1S/2C10H19O2.C10H20O.C9H14NO3.W/c2*1-3-4-5-6-7-8-9-12-10(2)11;1-3-4-5-6-7-8-9-10(2)11;1-6-4-9(5-13-8(3)12)10(6)7(2)11;/h2*2-9H2,1H3;3-9H2,1-2H3;6,9H,3-5H2,1-2H3;/q2*-1;;-1;. The van der Waals surface area contributed by atoms with Crippen LogP contribution < -0.4 is 0 Å². The van der Waals surface area contributed by atoms with Gasteiger partial charge in [-0.3, -0.25) is 39.9 Å². The molecule has 10 heteroatoms. The van der Waals surface area contributed by atoms with Crippen molar-refractivity contribution in [2.75, 3.05) is 19.8 Å². The fourth-order valence-corrected chi connectivity index (χ4v) is 5.04. The summed E-state index contributed by atoms with van der Waals surface area (Å²) in [4.78, 5) is 54.2. The normalized spacial score (nSPS) is 14.0. The number of ketones is 1. The van der Waals surface area contributed by atoms with Crippen LogP contribution in [0.5, 0.6) is 0 Å². The molecule has 0 bridgehead atoms. The molecule has 1 aliphatic heterocycles. The minimum atomic E-state index is -0.539. The number of amides is 1. The predicted octanol–water partition coefficient (Wildman–Crippen LogP) is 9.14. The first kappa shape index (κ1) is 53.6. The molecule has 1 amide bonds. The summed E-state index contributed by atoms with van der Waals surface area (Å²) in [6.07, 6.45) is 23.9. The monoisotopic (exact) mass is 866 g/mol. The number of carbonyl (C=O) groups is 5. The number of likely N-dealkylation sites (tertiary alicyclic amines) is 1. The van der Waals surface area contributed by atoms with Gasteiger partial charge < -0.3 is 23.9 Å². The van der Waals surface area contributed by atoms with Gasteiger partial charge in [0.05, 0.1) is 19.3 Å². The fourth-order valence-electron chi connectivity index (χ4n) is 5.04. The topological polar surface area (TPSA) is 116 Å². The van der Waals surface area contributed by atoms with Crippen molar-refractivity contribution in [3.05, 3.63) is 20.8 Å². The molecule has 0 saturated carbocycles. The van der Waals surface area contributed by atoms with Crippen molar-refractivity contribution in [2.24, 2.45) is 0 Å². The summed E-state index contributed by atoms with van der Waals surface area (Å²) >= 11 is 0. The average Bonchev–Trinajstić information content (AvgIpc) is 3.00. The van der Waals surface area contributed by atoms with Crippen LogP contribution in [0.25, 0.3) is 0 Å². The number of nitrogens with zero attached hydrogens (tertiary/aromatic N) is 1. The second kappa shape index (κ2) is 40.3. The Kier molecular flexibility index (Phi) is 44.1. The Bertz CT molecular complexity index is 780. The van der Waals surface area contributed by atoms with Gasteiger partial charge in [0.1, 0.15) is 12.4 Å². The first-order valence-corrected chi connectivity index (χ1v) is 18.6. The van der Waals surface area contributed by atoms with E-state index in [0.29, 0.717) is 19.0 Å². The van der Waals surface area contributed by atoms with E-state index in [-0.39, 0.29) is 45.7 Å². The number of rotatable bonds is 23. The molecule has 0 radical (unpaired) electrons. The van der Waals surface area contributed by atoms with Crippen LogP contribution in [0.1, 0.15) is 170 Å². The van der Waals surface area contributed by atoms with E-state index in [1.54, 1.807) is 11.8 Å². The van der Waals surface area contributed by atoms with Gasteiger partial charge >= 0.3 is 0 Å². The van der Waals surface area contributed by atoms with Gasteiger partial charge in [-0.05, 0) is 39.5 Å². The van der Waals surface area contributed by atoms with Gasteiger partial charge in [0.25, 0.3) is 0 Å². The molecule has 1 aliphatic rings. The summed E-state index contributed by atoms with van der Waals surface area (Å²) in [6.45, 7) is 22.5. The molecular formula is C39H72NO8W-3. The van der Waals surface area contributed by atoms with E-state index in [2.05, 4.69) is 41.5 Å². The van der Waals surface area contributed by atoms with Gasteiger partial charge in [-0.15, -0.1) is 0 Å². The first-order chi connectivity index (χ1) is 22.8. The second-order valence-corrected chi connectivity index (χ2v) is 12.5. The average molecular weight is 867 g/mol. The Labute approximate surface area is 315 Å². The molecule has 0 spiro atoms. The molecule has 0 aromatic carbocycles. The van der Waals surface area contributed by atoms with Crippen molar-refractivity contribution in [3.8, 4) is 0 Å². The zero-order valence-electron chi connectivity index (χ0n) is 32.2. The van der Waals surface area contributed by atoms with Crippen LogP contribution in [0.15, 0.2) is 0 Å². The minimum absolute atomic E-state index is 0. The number of hydrogen-bond donors (Lipinski definition) is 0.